The maximum atomic E-state index is 12.8. The van der Waals surface area contributed by atoms with Crippen LogP contribution < -0.4 is 4.72 Å². The minimum Gasteiger partial charge on any atom is -0.481 e. The van der Waals surface area contributed by atoms with Gasteiger partial charge in [-0.25, -0.2) is 13.1 Å². The molecule has 158 valence electrons. The van der Waals surface area contributed by atoms with Gasteiger partial charge in [-0.05, 0) is 54.8 Å². The lowest BCUT2D eigenvalue weighted by atomic mass is 10.0. The first kappa shape index (κ1) is 23.7. The fourth-order valence-corrected chi connectivity index (χ4v) is 4.52. The number of carbonyl (C=O) groups is 1. The van der Waals surface area contributed by atoms with Gasteiger partial charge in [0.25, 0.3) is 0 Å². The molecule has 0 aliphatic heterocycles. The van der Waals surface area contributed by atoms with Crippen LogP contribution in [0.25, 0.3) is 0 Å². The van der Waals surface area contributed by atoms with Crippen molar-refractivity contribution in [2.45, 2.75) is 55.9 Å². The third-order valence-corrected chi connectivity index (χ3v) is 6.57. The molecule has 2 aromatic rings. The van der Waals surface area contributed by atoms with E-state index in [2.05, 4.69) is 4.72 Å². The molecule has 2 N–H and O–H groups in total. The van der Waals surface area contributed by atoms with Crippen molar-refractivity contribution >= 4 is 39.2 Å². The van der Waals surface area contributed by atoms with Crippen molar-refractivity contribution in [1.82, 2.24) is 4.72 Å². The summed E-state index contributed by atoms with van der Waals surface area (Å²) in [6.07, 6.45) is 5.00. The minimum absolute atomic E-state index is 0.162. The summed E-state index contributed by atoms with van der Waals surface area (Å²) in [5.74, 6) is -0.774. The number of sulfonamides is 1. The third-order valence-electron chi connectivity index (χ3n) is 4.58. The van der Waals surface area contributed by atoms with Crippen LogP contribution in [0.1, 0.15) is 56.6 Å². The molecule has 1 atom stereocenters. The molecular formula is C21H25Cl2NO4S. The topological polar surface area (TPSA) is 83.5 Å². The molecule has 5 nitrogen and oxygen atoms in total. The van der Waals surface area contributed by atoms with Gasteiger partial charge in [-0.3, -0.25) is 4.79 Å². The maximum absolute atomic E-state index is 12.8. The predicted octanol–water partition coefficient (Wildman–Crippen LogP) is 5.83. The molecule has 0 amide bonds. The summed E-state index contributed by atoms with van der Waals surface area (Å²) in [4.78, 5) is 10.7. The van der Waals surface area contributed by atoms with Gasteiger partial charge in [0, 0.05) is 22.5 Å². The summed E-state index contributed by atoms with van der Waals surface area (Å²) in [6.45, 7) is 0. The summed E-state index contributed by atoms with van der Waals surface area (Å²) in [7, 11) is -3.70. The second-order valence-corrected chi connectivity index (χ2v) is 9.47. The van der Waals surface area contributed by atoms with E-state index in [9.17, 15) is 13.2 Å². The number of carboxylic acid groups (broad SMARTS) is 1. The highest BCUT2D eigenvalue weighted by Crippen LogP contribution is 2.25. The lowest BCUT2D eigenvalue weighted by Gasteiger charge is -2.19. The van der Waals surface area contributed by atoms with Gasteiger partial charge in [-0.1, -0.05) is 61.0 Å². The van der Waals surface area contributed by atoms with Crippen LogP contribution in [-0.2, 0) is 14.8 Å². The van der Waals surface area contributed by atoms with E-state index >= 15 is 0 Å². The van der Waals surface area contributed by atoms with Crippen LogP contribution in [-0.4, -0.2) is 19.5 Å². The quantitative estimate of drug-likeness (QED) is 0.392. The van der Waals surface area contributed by atoms with Gasteiger partial charge < -0.3 is 5.11 Å². The average Bonchev–Trinajstić information content (AvgIpc) is 2.67. The van der Waals surface area contributed by atoms with Crippen LogP contribution in [0, 0.1) is 0 Å². The fraction of sp³-hybridized carbons (Fsp3) is 0.381. The molecule has 8 heteroatoms. The van der Waals surface area contributed by atoms with Crippen molar-refractivity contribution in [3.63, 3.8) is 0 Å². The van der Waals surface area contributed by atoms with Gasteiger partial charge in [0.1, 0.15) is 0 Å². The fourth-order valence-electron chi connectivity index (χ4n) is 3.01. The van der Waals surface area contributed by atoms with Crippen LogP contribution >= 0.6 is 23.2 Å². The molecule has 0 aliphatic rings. The van der Waals surface area contributed by atoms with Gasteiger partial charge >= 0.3 is 5.97 Å². The van der Waals surface area contributed by atoms with Crippen LogP contribution in [0.4, 0.5) is 0 Å². The number of halogens is 2. The Hall–Kier alpha value is -1.60. The molecule has 0 aliphatic carbocycles. The zero-order valence-electron chi connectivity index (χ0n) is 16.0. The number of hydrogen-bond acceptors (Lipinski definition) is 3. The van der Waals surface area contributed by atoms with Crippen LogP contribution in [0.15, 0.2) is 53.4 Å². The first-order valence-electron chi connectivity index (χ1n) is 9.53. The van der Waals surface area contributed by atoms with E-state index in [1.165, 1.54) is 12.1 Å². The summed E-state index contributed by atoms with van der Waals surface area (Å²) in [6, 6.07) is 12.8. The Morgan fingerprint density at radius 2 is 1.38 bits per heavy atom. The molecule has 29 heavy (non-hydrogen) atoms. The van der Waals surface area contributed by atoms with Crippen LogP contribution in [0.3, 0.4) is 0 Å². The van der Waals surface area contributed by atoms with Crippen molar-refractivity contribution in [3.8, 4) is 0 Å². The SMILES string of the molecule is O=C(O)CCCCCCCC(NS(=O)(=O)c1ccc(Cl)cc1)c1ccc(Cl)cc1. The molecule has 0 heterocycles. The average molecular weight is 458 g/mol. The summed E-state index contributed by atoms with van der Waals surface area (Å²) in [5.41, 5.74) is 0.845. The molecule has 0 saturated heterocycles. The van der Waals surface area contributed by atoms with Crippen molar-refractivity contribution in [2.75, 3.05) is 0 Å². The van der Waals surface area contributed by atoms with Gasteiger partial charge in [0.05, 0.1) is 4.90 Å². The zero-order chi connectivity index (χ0) is 21.3. The van der Waals surface area contributed by atoms with E-state index in [0.717, 1.165) is 31.2 Å². The lowest BCUT2D eigenvalue weighted by Crippen LogP contribution is -2.28. The monoisotopic (exact) mass is 457 g/mol. The molecule has 0 aromatic heterocycles. The molecule has 2 aromatic carbocycles. The zero-order valence-corrected chi connectivity index (χ0v) is 18.3. The van der Waals surface area contributed by atoms with Crippen LogP contribution in [0.2, 0.25) is 10.0 Å². The number of carboxylic acids is 1. The first-order valence-corrected chi connectivity index (χ1v) is 11.8. The van der Waals surface area contributed by atoms with Gasteiger partial charge in [-0.2, -0.15) is 0 Å². The Labute approximate surface area is 182 Å². The van der Waals surface area contributed by atoms with Gasteiger partial charge in [0.15, 0.2) is 0 Å². The van der Waals surface area contributed by atoms with E-state index < -0.39 is 16.0 Å². The van der Waals surface area contributed by atoms with Crippen molar-refractivity contribution in [3.05, 3.63) is 64.1 Å². The Balaban J connectivity index is 2.01. The predicted molar refractivity (Wildman–Crippen MR) is 116 cm³/mol. The molecule has 0 saturated carbocycles. The standard InChI is InChI=1S/C21H25Cl2NO4S/c22-17-10-8-16(9-11-17)20(6-4-2-1-3-5-7-21(25)26)24-29(27,28)19-14-12-18(23)13-15-19/h8-15,20,24H,1-7H2,(H,25,26). The molecule has 0 spiro atoms. The molecule has 0 bridgehead atoms. The van der Waals surface area contributed by atoms with Crippen LogP contribution in [0.5, 0.6) is 0 Å². The summed E-state index contributed by atoms with van der Waals surface area (Å²) < 4.78 is 28.4. The molecular weight excluding hydrogens is 433 g/mol. The summed E-state index contributed by atoms with van der Waals surface area (Å²) in [5, 5.41) is 9.73. The smallest absolute Gasteiger partial charge is 0.303 e. The van der Waals surface area contributed by atoms with E-state index in [-0.39, 0.29) is 17.4 Å². The molecule has 2 rings (SSSR count). The first-order chi connectivity index (χ1) is 13.8. The lowest BCUT2D eigenvalue weighted by molar-refractivity contribution is -0.137. The number of aliphatic carboxylic acids is 1. The van der Waals surface area contributed by atoms with Crippen molar-refractivity contribution < 1.29 is 18.3 Å². The Bertz CT molecular complexity index is 884. The Kier molecular flexibility index (Phi) is 9.43. The normalized spacial score (nSPS) is 12.6. The number of unbranched alkanes of at least 4 members (excludes halogenated alkanes) is 4. The second-order valence-electron chi connectivity index (χ2n) is 6.88. The molecule has 0 radical (unpaired) electrons. The Morgan fingerprint density at radius 1 is 0.862 bits per heavy atom. The van der Waals surface area contributed by atoms with E-state index in [1.807, 2.05) is 12.1 Å². The van der Waals surface area contributed by atoms with Gasteiger partial charge in [-0.15, -0.1) is 0 Å². The largest absolute Gasteiger partial charge is 0.481 e. The number of benzene rings is 2. The number of rotatable bonds is 12. The van der Waals surface area contributed by atoms with Gasteiger partial charge in [0.2, 0.25) is 10.0 Å². The highest BCUT2D eigenvalue weighted by Gasteiger charge is 2.21. The second kappa shape index (κ2) is 11.6. The highest BCUT2D eigenvalue weighted by atomic mass is 35.5. The van der Waals surface area contributed by atoms with E-state index in [0.29, 0.717) is 22.9 Å². The Morgan fingerprint density at radius 3 is 1.97 bits per heavy atom. The third kappa shape index (κ3) is 8.34. The molecule has 1 unspecified atom stereocenters. The summed E-state index contributed by atoms with van der Waals surface area (Å²) >= 11 is 11.8. The minimum atomic E-state index is -3.70. The van der Waals surface area contributed by atoms with E-state index in [1.54, 1.807) is 24.3 Å². The number of nitrogens with one attached hydrogen (secondary N) is 1. The van der Waals surface area contributed by atoms with Crippen molar-refractivity contribution in [2.24, 2.45) is 0 Å². The highest BCUT2D eigenvalue weighted by molar-refractivity contribution is 7.89. The van der Waals surface area contributed by atoms with Crippen molar-refractivity contribution in [1.29, 1.82) is 0 Å². The van der Waals surface area contributed by atoms with E-state index in [4.69, 9.17) is 28.3 Å². The molecule has 0 fully saturated rings. The number of hydrogen-bond donors (Lipinski definition) is 2. The maximum Gasteiger partial charge on any atom is 0.303 e.